The summed E-state index contributed by atoms with van der Waals surface area (Å²) in [5.41, 5.74) is 1.81. The first-order chi connectivity index (χ1) is 6.60. The van der Waals surface area contributed by atoms with Gasteiger partial charge < -0.3 is 0 Å². The highest BCUT2D eigenvalue weighted by Gasteiger charge is 2.10. The van der Waals surface area contributed by atoms with E-state index in [1.54, 1.807) is 0 Å². The molecular weight excluding hydrogens is 168 g/mol. The Morgan fingerprint density at radius 1 is 1.07 bits per heavy atom. The average molecular weight is 190 g/mol. The zero-order chi connectivity index (χ0) is 10.4. The molecule has 0 saturated carbocycles. The molecule has 0 heteroatoms. The van der Waals surface area contributed by atoms with Gasteiger partial charge in [-0.1, -0.05) is 49.8 Å². The largest absolute Gasteiger partial charge is 0.0882 e. The molecule has 0 aromatic rings. The Morgan fingerprint density at radius 3 is 2.64 bits per heavy atom. The fourth-order valence-corrected chi connectivity index (χ4v) is 1.65. The van der Waals surface area contributed by atoms with Crippen molar-refractivity contribution in [2.24, 2.45) is 5.41 Å². The van der Waals surface area contributed by atoms with Gasteiger partial charge in [-0.3, -0.25) is 0 Å². The van der Waals surface area contributed by atoms with Crippen LogP contribution in [0.2, 0.25) is 0 Å². The molecule has 0 aromatic heterocycles. The van der Waals surface area contributed by atoms with Crippen molar-refractivity contribution in [1.82, 2.24) is 0 Å². The van der Waals surface area contributed by atoms with Gasteiger partial charge in [0.15, 0.2) is 0 Å². The van der Waals surface area contributed by atoms with Crippen LogP contribution in [0.25, 0.3) is 0 Å². The lowest BCUT2D eigenvalue weighted by Crippen LogP contribution is -2.04. The van der Waals surface area contributed by atoms with E-state index in [9.17, 15) is 0 Å². The van der Waals surface area contributed by atoms with E-state index in [4.69, 9.17) is 0 Å². The molecule has 0 bridgehead atoms. The maximum Gasteiger partial charge on any atom is -0.0140 e. The molecule has 0 nitrogen and oxygen atoms in total. The lowest BCUT2D eigenvalue weighted by atomic mass is 9.88. The van der Waals surface area contributed by atoms with Crippen LogP contribution in [0, 0.1) is 5.41 Å². The Balaban J connectivity index is 2.69. The summed E-state index contributed by atoms with van der Waals surface area (Å²) in [4.78, 5) is 0. The van der Waals surface area contributed by atoms with Crippen molar-refractivity contribution in [1.29, 1.82) is 0 Å². The second-order valence-electron chi connectivity index (χ2n) is 4.90. The molecule has 0 unspecified atom stereocenters. The standard InChI is InChI=1S/C14H22/c1-13-9-6-4-5-7-11-14(2,3)12-8-10-13/h5,7-9,12H,4,6,10-11H2,1-3H3/b7-5-,12-8-,13-9-. The summed E-state index contributed by atoms with van der Waals surface area (Å²) in [5, 5.41) is 0. The van der Waals surface area contributed by atoms with Crippen LogP contribution in [0.3, 0.4) is 0 Å². The SMILES string of the molecule is C/C1=C/CC/C=C\CC(C)(C)/C=C\C1. The topological polar surface area (TPSA) is 0 Å². The highest BCUT2D eigenvalue weighted by molar-refractivity contribution is 5.09. The van der Waals surface area contributed by atoms with Crippen molar-refractivity contribution in [2.45, 2.75) is 46.5 Å². The zero-order valence-electron chi connectivity index (χ0n) is 9.72. The Kier molecular flexibility index (Phi) is 4.19. The summed E-state index contributed by atoms with van der Waals surface area (Å²) >= 11 is 0. The molecule has 0 aliphatic heterocycles. The second kappa shape index (κ2) is 5.19. The molecule has 0 spiro atoms. The quantitative estimate of drug-likeness (QED) is 0.488. The maximum absolute atomic E-state index is 2.35. The van der Waals surface area contributed by atoms with Gasteiger partial charge in [0, 0.05) is 0 Å². The lowest BCUT2D eigenvalue weighted by Gasteiger charge is -2.17. The Bertz CT molecular complexity index is 251. The predicted octanol–water partition coefficient (Wildman–Crippen LogP) is 4.65. The molecule has 78 valence electrons. The fraction of sp³-hybridized carbons (Fsp3) is 0.571. The van der Waals surface area contributed by atoms with Gasteiger partial charge in [0.25, 0.3) is 0 Å². The van der Waals surface area contributed by atoms with Gasteiger partial charge in [0.05, 0.1) is 0 Å². The van der Waals surface area contributed by atoms with E-state index in [2.05, 4.69) is 51.2 Å². The summed E-state index contributed by atoms with van der Waals surface area (Å²) in [5.74, 6) is 0. The molecule has 0 fully saturated rings. The molecule has 0 radical (unpaired) electrons. The fourth-order valence-electron chi connectivity index (χ4n) is 1.65. The molecule has 14 heavy (non-hydrogen) atoms. The molecule has 0 aromatic carbocycles. The van der Waals surface area contributed by atoms with E-state index in [1.807, 2.05) is 0 Å². The first-order valence-electron chi connectivity index (χ1n) is 5.58. The predicted molar refractivity (Wildman–Crippen MR) is 64.3 cm³/mol. The smallest absolute Gasteiger partial charge is 0.0140 e. The molecule has 1 aliphatic carbocycles. The third-order valence-electron chi connectivity index (χ3n) is 2.65. The van der Waals surface area contributed by atoms with Crippen molar-refractivity contribution in [3.8, 4) is 0 Å². The molecule has 0 N–H and O–H groups in total. The Morgan fingerprint density at radius 2 is 1.86 bits per heavy atom. The molecule has 0 heterocycles. The summed E-state index contributed by atoms with van der Waals surface area (Å²) < 4.78 is 0. The molecule has 0 saturated heterocycles. The maximum atomic E-state index is 2.35. The third-order valence-corrected chi connectivity index (χ3v) is 2.65. The second-order valence-corrected chi connectivity index (χ2v) is 4.90. The van der Waals surface area contributed by atoms with Crippen LogP contribution in [0.5, 0.6) is 0 Å². The number of allylic oxidation sites excluding steroid dienone is 6. The first-order valence-corrected chi connectivity index (χ1v) is 5.58. The van der Waals surface area contributed by atoms with Crippen LogP contribution < -0.4 is 0 Å². The zero-order valence-corrected chi connectivity index (χ0v) is 9.72. The minimum Gasteiger partial charge on any atom is -0.0882 e. The van der Waals surface area contributed by atoms with Crippen LogP contribution >= 0.6 is 0 Å². The van der Waals surface area contributed by atoms with Crippen LogP contribution in [-0.4, -0.2) is 0 Å². The highest BCUT2D eigenvalue weighted by Crippen LogP contribution is 2.24. The van der Waals surface area contributed by atoms with E-state index in [1.165, 1.54) is 18.4 Å². The van der Waals surface area contributed by atoms with Crippen molar-refractivity contribution >= 4 is 0 Å². The Hall–Kier alpha value is -0.780. The number of hydrogen-bond donors (Lipinski definition) is 0. The first kappa shape index (κ1) is 11.3. The van der Waals surface area contributed by atoms with E-state index >= 15 is 0 Å². The van der Waals surface area contributed by atoms with Crippen LogP contribution in [-0.2, 0) is 0 Å². The average Bonchev–Trinajstić information content (AvgIpc) is 2.12. The molecule has 0 amide bonds. The monoisotopic (exact) mass is 190 g/mol. The summed E-state index contributed by atoms with van der Waals surface area (Å²) in [6, 6.07) is 0. The van der Waals surface area contributed by atoms with Crippen molar-refractivity contribution in [3.63, 3.8) is 0 Å². The minimum atomic E-state index is 0.321. The summed E-state index contributed by atoms with van der Waals surface area (Å²) in [7, 11) is 0. The van der Waals surface area contributed by atoms with Gasteiger partial charge in [-0.05, 0) is 38.0 Å². The van der Waals surface area contributed by atoms with E-state index < -0.39 is 0 Å². The van der Waals surface area contributed by atoms with Gasteiger partial charge in [-0.25, -0.2) is 0 Å². The number of hydrogen-bond acceptors (Lipinski definition) is 0. The normalized spacial score (nSPS) is 30.9. The minimum absolute atomic E-state index is 0.321. The van der Waals surface area contributed by atoms with E-state index in [-0.39, 0.29) is 0 Å². The molecule has 1 aliphatic rings. The van der Waals surface area contributed by atoms with Crippen LogP contribution in [0.4, 0.5) is 0 Å². The van der Waals surface area contributed by atoms with Crippen molar-refractivity contribution in [2.75, 3.05) is 0 Å². The van der Waals surface area contributed by atoms with Crippen LogP contribution in [0.15, 0.2) is 36.0 Å². The third kappa shape index (κ3) is 4.45. The van der Waals surface area contributed by atoms with E-state index in [0.717, 1.165) is 12.8 Å². The van der Waals surface area contributed by atoms with Gasteiger partial charge in [0.2, 0.25) is 0 Å². The van der Waals surface area contributed by atoms with Gasteiger partial charge >= 0.3 is 0 Å². The van der Waals surface area contributed by atoms with Gasteiger partial charge in [0.1, 0.15) is 0 Å². The van der Waals surface area contributed by atoms with E-state index in [0.29, 0.717) is 5.41 Å². The van der Waals surface area contributed by atoms with Crippen LogP contribution in [0.1, 0.15) is 46.5 Å². The summed E-state index contributed by atoms with van der Waals surface area (Å²) in [6.45, 7) is 6.81. The molecule has 0 atom stereocenters. The Labute approximate surface area is 88.4 Å². The molecular formula is C14H22. The highest BCUT2D eigenvalue weighted by atomic mass is 14.2. The van der Waals surface area contributed by atoms with Gasteiger partial charge in [-0.2, -0.15) is 0 Å². The molecule has 1 rings (SSSR count). The van der Waals surface area contributed by atoms with Gasteiger partial charge in [-0.15, -0.1) is 0 Å². The van der Waals surface area contributed by atoms with Crippen molar-refractivity contribution in [3.05, 3.63) is 36.0 Å². The van der Waals surface area contributed by atoms with Crippen molar-refractivity contribution < 1.29 is 0 Å². The lowest BCUT2D eigenvalue weighted by molar-refractivity contribution is 0.487. The summed E-state index contributed by atoms with van der Waals surface area (Å²) in [6.07, 6.45) is 16.3. The number of rotatable bonds is 0.